The van der Waals surface area contributed by atoms with Crippen LogP contribution in [0, 0.1) is 5.82 Å². The summed E-state index contributed by atoms with van der Waals surface area (Å²) >= 11 is 3.26. The van der Waals surface area contributed by atoms with Crippen molar-refractivity contribution in [1.29, 1.82) is 0 Å². The van der Waals surface area contributed by atoms with E-state index in [1.807, 2.05) is 31.2 Å². The van der Waals surface area contributed by atoms with E-state index < -0.39 is 0 Å². The average molecular weight is 350 g/mol. The zero-order valence-corrected chi connectivity index (χ0v) is 13.4. The van der Waals surface area contributed by atoms with Crippen LogP contribution < -0.4 is 10.1 Å². The van der Waals surface area contributed by atoms with Crippen molar-refractivity contribution in [3.8, 4) is 5.75 Å². The number of halogens is 2. The first-order valence-corrected chi connectivity index (χ1v) is 7.93. The molecule has 0 saturated carbocycles. The zero-order chi connectivity index (χ0) is 14.8. The molecule has 2 nitrogen and oxygen atoms in total. The molecule has 0 aromatic heterocycles. The van der Waals surface area contributed by atoms with Gasteiger partial charge < -0.3 is 10.1 Å². The lowest BCUT2D eigenvalue weighted by Gasteiger charge is -2.20. The maximum Gasteiger partial charge on any atom is 0.142 e. The Hall–Kier alpha value is -1.39. The molecule has 1 unspecified atom stereocenters. The van der Waals surface area contributed by atoms with Crippen LogP contribution in [0.1, 0.15) is 29.7 Å². The van der Waals surface area contributed by atoms with Gasteiger partial charge in [0.25, 0.3) is 0 Å². The molecule has 1 heterocycles. The molecule has 0 fully saturated rings. The van der Waals surface area contributed by atoms with Crippen molar-refractivity contribution in [2.75, 3.05) is 13.2 Å². The lowest BCUT2D eigenvalue weighted by Crippen LogP contribution is -2.23. The maximum absolute atomic E-state index is 14.4. The van der Waals surface area contributed by atoms with Crippen LogP contribution in [0.3, 0.4) is 0 Å². The summed E-state index contributed by atoms with van der Waals surface area (Å²) in [5.74, 6) is 0.740. The molecule has 1 aliphatic heterocycles. The molecular weight excluding hydrogens is 333 g/mol. The highest BCUT2D eigenvalue weighted by molar-refractivity contribution is 9.10. The molecule has 0 saturated heterocycles. The second-order valence-corrected chi connectivity index (χ2v) is 5.95. The number of fused-ring (bicyclic) bond motifs is 1. The van der Waals surface area contributed by atoms with E-state index >= 15 is 0 Å². The van der Waals surface area contributed by atoms with Crippen LogP contribution in [0.4, 0.5) is 4.39 Å². The Morgan fingerprint density at radius 1 is 1.33 bits per heavy atom. The highest BCUT2D eigenvalue weighted by Gasteiger charge is 2.21. The van der Waals surface area contributed by atoms with Crippen molar-refractivity contribution in [1.82, 2.24) is 5.32 Å². The molecule has 1 atom stereocenters. The van der Waals surface area contributed by atoms with Gasteiger partial charge in [-0.1, -0.05) is 31.2 Å². The Morgan fingerprint density at radius 3 is 3.00 bits per heavy atom. The molecule has 2 aromatic carbocycles. The predicted molar refractivity (Wildman–Crippen MR) is 85.3 cm³/mol. The van der Waals surface area contributed by atoms with Crippen LogP contribution in [0.2, 0.25) is 0 Å². The Morgan fingerprint density at radius 2 is 2.19 bits per heavy atom. The lowest BCUT2D eigenvalue weighted by atomic mass is 9.96. The largest absolute Gasteiger partial charge is 0.493 e. The molecule has 0 bridgehead atoms. The van der Waals surface area contributed by atoms with Gasteiger partial charge in [0.2, 0.25) is 0 Å². The SMILES string of the molecule is CCNC(c1ccc2c(c1)CCO2)c1cccc(Br)c1F. The van der Waals surface area contributed by atoms with Crippen molar-refractivity contribution in [3.05, 3.63) is 63.4 Å². The summed E-state index contributed by atoms with van der Waals surface area (Å²) in [5, 5.41) is 3.37. The molecule has 21 heavy (non-hydrogen) atoms. The third-order valence-corrected chi connectivity index (χ3v) is 4.36. The van der Waals surface area contributed by atoms with E-state index in [1.165, 1.54) is 5.56 Å². The van der Waals surface area contributed by atoms with Gasteiger partial charge in [0, 0.05) is 12.0 Å². The molecule has 0 spiro atoms. The molecule has 3 rings (SSSR count). The molecule has 2 aromatic rings. The average Bonchev–Trinajstić information content (AvgIpc) is 2.95. The maximum atomic E-state index is 14.4. The van der Waals surface area contributed by atoms with Gasteiger partial charge in [-0.3, -0.25) is 0 Å². The normalized spacial score (nSPS) is 14.6. The summed E-state index contributed by atoms with van der Waals surface area (Å²) < 4.78 is 20.5. The number of ether oxygens (including phenoxy) is 1. The molecule has 1 N–H and O–H groups in total. The molecule has 110 valence electrons. The van der Waals surface area contributed by atoms with Crippen LogP contribution in [0.15, 0.2) is 40.9 Å². The van der Waals surface area contributed by atoms with E-state index in [0.29, 0.717) is 10.0 Å². The molecule has 1 aliphatic rings. The van der Waals surface area contributed by atoms with Gasteiger partial charge in [-0.25, -0.2) is 4.39 Å². The Kier molecular flexibility index (Phi) is 4.27. The monoisotopic (exact) mass is 349 g/mol. The highest BCUT2D eigenvalue weighted by atomic mass is 79.9. The van der Waals surface area contributed by atoms with Gasteiger partial charge in [-0.2, -0.15) is 0 Å². The summed E-state index contributed by atoms with van der Waals surface area (Å²) in [7, 11) is 0. The van der Waals surface area contributed by atoms with Crippen molar-refractivity contribution < 1.29 is 9.13 Å². The topological polar surface area (TPSA) is 21.3 Å². The van der Waals surface area contributed by atoms with Crippen LogP contribution in [-0.4, -0.2) is 13.2 Å². The Labute approximate surface area is 132 Å². The van der Waals surface area contributed by atoms with E-state index in [4.69, 9.17) is 4.74 Å². The van der Waals surface area contributed by atoms with Crippen LogP contribution in [0.5, 0.6) is 5.75 Å². The minimum Gasteiger partial charge on any atom is -0.493 e. The summed E-state index contributed by atoms with van der Waals surface area (Å²) in [6.45, 7) is 3.53. The fraction of sp³-hybridized carbons (Fsp3) is 0.294. The molecule has 0 radical (unpaired) electrons. The van der Waals surface area contributed by atoms with E-state index in [9.17, 15) is 4.39 Å². The molecule has 4 heteroatoms. The van der Waals surface area contributed by atoms with Crippen LogP contribution in [0.25, 0.3) is 0 Å². The molecule has 0 amide bonds. The van der Waals surface area contributed by atoms with Crippen molar-refractivity contribution in [2.45, 2.75) is 19.4 Å². The third kappa shape index (κ3) is 2.83. The lowest BCUT2D eigenvalue weighted by molar-refractivity contribution is 0.357. The van der Waals surface area contributed by atoms with Gasteiger partial charge >= 0.3 is 0 Å². The molecular formula is C17H17BrFNO. The summed E-state index contributed by atoms with van der Waals surface area (Å²) in [5.41, 5.74) is 2.92. The van der Waals surface area contributed by atoms with Gasteiger partial charge in [0.15, 0.2) is 0 Å². The quantitative estimate of drug-likeness (QED) is 0.891. The number of rotatable bonds is 4. The minimum absolute atomic E-state index is 0.154. The third-order valence-electron chi connectivity index (χ3n) is 3.75. The van der Waals surface area contributed by atoms with Crippen molar-refractivity contribution in [2.24, 2.45) is 0 Å². The van der Waals surface area contributed by atoms with E-state index in [-0.39, 0.29) is 11.9 Å². The fourth-order valence-corrected chi connectivity index (χ4v) is 3.12. The summed E-state index contributed by atoms with van der Waals surface area (Å²) in [6.07, 6.45) is 0.920. The first-order valence-electron chi connectivity index (χ1n) is 7.13. The van der Waals surface area contributed by atoms with Crippen molar-refractivity contribution >= 4 is 15.9 Å². The van der Waals surface area contributed by atoms with E-state index in [0.717, 1.165) is 30.9 Å². The number of benzene rings is 2. The van der Waals surface area contributed by atoms with E-state index in [2.05, 4.69) is 27.3 Å². The second-order valence-electron chi connectivity index (χ2n) is 5.10. The molecule has 0 aliphatic carbocycles. The van der Waals surface area contributed by atoms with Crippen LogP contribution >= 0.6 is 15.9 Å². The first-order chi connectivity index (χ1) is 10.2. The fourth-order valence-electron chi connectivity index (χ4n) is 2.74. The number of hydrogen-bond acceptors (Lipinski definition) is 2. The zero-order valence-electron chi connectivity index (χ0n) is 11.8. The summed E-state index contributed by atoms with van der Waals surface area (Å²) in [4.78, 5) is 0. The standard InChI is InChI=1S/C17H17BrFNO/c1-2-20-17(13-4-3-5-14(18)16(13)19)12-6-7-15-11(10-12)8-9-21-15/h3-7,10,17,20H,2,8-9H2,1H3. The van der Waals surface area contributed by atoms with Gasteiger partial charge in [-0.05, 0) is 45.7 Å². The smallest absolute Gasteiger partial charge is 0.142 e. The Bertz CT molecular complexity index is 659. The van der Waals surface area contributed by atoms with E-state index in [1.54, 1.807) is 6.07 Å². The first kappa shape index (κ1) is 14.5. The number of hydrogen-bond donors (Lipinski definition) is 1. The Balaban J connectivity index is 2.03. The minimum atomic E-state index is -0.208. The van der Waals surface area contributed by atoms with Gasteiger partial charge in [0.05, 0.1) is 17.1 Å². The summed E-state index contributed by atoms with van der Waals surface area (Å²) in [6, 6.07) is 11.4. The van der Waals surface area contributed by atoms with Crippen LogP contribution in [-0.2, 0) is 6.42 Å². The second kappa shape index (κ2) is 6.16. The van der Waals surface area contributed by atoms with Crippen molar-refractivity contribution in [3.63, 3.8) is 0 Å². The highest BCUT2D eigenvalue weighted by Crippen LogP contribution is 2.32. The van der Waals surface area contributed by atoms with Gasteiger partial charge in [-0.15, -0.1) is 0 Å². The van der Waals surface area contributed by atoms with Gasteiger partial charge in [0.1, 0.15) is 11.6 Å². The predicted octanol–water partition coefficient (Wildman–Crippen LogP) is 4.22. The number of nitrogens with one attached hydrogen (secondary N) is 1.